The topological polar surface area (TPSA) is 55.5 Å². The number of benzene rings is 1. The fraction of sp³-hybridized carbons (Fsp3) is 0.625. The monoisotopic (exact) mass is 319 g/mol. The van der Waals surface area contributed by atoms with Crippen LogP contribution < -0.4 is 10.5 Å². The number of ether oxygens (including phenoxy) is 1. The van der Waals surface area contributed by atoms with Crippen molar-refractivity contribution in [1.82, 2.24) is 0 Å². The van der Waals surface area contributed by atoms with E-state index in [1.54, 1.807) is 13.8 Å². The SMILES string of the molecule is CCOc1ccc(C(F)(F)F)cc1C(C)CC(O)C(N)CC. The summed E-state index contributed by atoms with van der Waals surface area (Å²) in [5.41, 5.74) is 5.51. The second-order valence-electron chi connectivity index (χ2n) is 5.46. The van der Waals surface area contributed by atoms with Crippen LogP contribution in [0.3, 0.4) is 0 Å². The van der Waals surface area contributed by atoms with Gasteiger partial charge in [0.25, 0.3) is 0 Å². The van der Waals surface area contributed by atoms with E-state index in [4.69, 9.17) is 10.5 Å². The number of aliphatic hydroxyl groups excluding tert-OH is 1. The van der Waals surface area contributed by atoms with Gasteiger partial charge in [-0.05, 0) is 49.4 Å². The Morgan fingerprint density at radius 1 is 1.27 bits per heavy atom. The van der Waals surface area contributed by atoms with Crippen LogP contribution in [-0.4, -0.2) is 23.9 Å². The first-order chi connectivity index (χ1) is 10.2. The second-order valence-corrected chi connectivity index (χ2v) is 5.46. The molecule has 0 aliphatic carbocycles. The van der Waals surface area contributed by atoms with Crippen LogP contribution in [0.4, 0.5) is 13.2 Å². The van der Waals surface area contributed by atoms with Crippen molar-refractivity contribution in [3.8, 4) is 5.75 Å². The first-order valence-electron chi connectivity index (χ1n) is 7.48. The number of hydrogen-bond donors (Lipinski definition) is 2. The van der Waals surface area contributed by atoms with Gasteiger partial charge in [-0.1, -0.05) is 13.8 Å². The molecule has 0 amide bonds. The van der Waals surface area contributed by atoms with Crippen molar-refractivity contribution in [2.24, 2.45) is 5.73 Å². The van der Waals surface area contributed by atoms with Gasteiger partial charge in [0.2, 0.25) is 0 Å². The van der Waals surface area contributed by atoms with Crippen molar-refractivity contribution in [2.75, 3.05) is 6.61 Å². The summed E-state index contributed by atoms with van der Waals surface area (Å²) < 4.78 is 44.1. The minimum absolute atomic E-state index is 0.288. The highest BCUT2D eigenvalue weighted by molar-refractivity contribution is 5.40. The lowest BCUT2D eigenvalue weighted by Crippen LogP contribution is -2.34. The van der Waals surface area contributed by atoms with Crippen molar-refractivity contribution in [3.63, 3.8) is 0 Å². The van der Waals surface area contributed by atoms with Crippen molar-refractivity contribution >= 4 is 0 Å². The molecule has 1 aromatic carbocycles. The molecule has 0 fully saturated rings. The zero-order valence-electron chi connectivity index (χ0n) is 13.2. The molecule has 3 atom stereocenters. The number of aliphatic hydroxyl groups is 1. The Morgan fingerprint density at radius 2 is 1.91 bits per heavy atom. The second kappa shape index (κ2) is 7.83. The fourth-order valence-electron chi connectivity index (χ4n) is 2.33. The normalized spacial score (nSPS) is 16.2. The van der Waals surface area contributed by atoms with Crippen molar-refractivity contribution in [2.45, 2.75) is 57.9 Å². The molecule has 0 aromatic heterocycles. The van der Waals surface area contributed by atoms with Gasteiger partial charge in [-0.25, -0.2) is 0 Å². The summed E-state index contributed by atoms with van der Waals surface area (Å²) in [4.78, 5) is 0. The van der Waals surface area contributed by atoms with E-state index in [1.807, 2.05) is 6.92 Å². The fourth-order valence-corrected chi connectivity index (χ4v) is 2.33. The van der Waals surface area contributed by atoms with Gasteiger partial charge in [-0.3, -0.25) is 0 Å². The molecule has 1 rings (SSSR count). The molecule has 0 saturated carbocycles. The molecule has 0 bridgehead atoms. The molecule has 1 aromatic rings. The zero-order chi connectivity index (χ0) is 16.9. The third kappa shape index (κ3) is 4.88. The van der Waals surface area contributed by atoms with Crippen LogP contribution in [0.5, 0.6) is 5.75 Å². The molecule has 0 saturated heterocycles. The van der Waals surface area contributed by atoms with E-state index in [0.717, 1.165) is 12.1 Å². The van der Waals surface area contributed by atoms with E-state index in [0.29, 0.717) is 24.3 Å². The Kier molecular flexibility index (Phi) is 6.68. The van der Waals surface area contributed by atoms with E-state index < -0.39 is 17.8 Å². The maximum absolute atomic E-state index is 12.9. The van der Waals surface area contributed by atoms with Crippen LogP contribution in [0.2, 0.25) is 0 Å². The molecule has 3 unspecified atom stereocenters. The maximum atomic E-state index is 12.9. The third-order valence-corrected chi connectivity index (χ3v) is 3.73. The molecule has 126 valence electrons. The molecule has 3 N–H and O–H groups in total. The molecule has 0 heterocycles. The summed E-state index contributed by atoms with van der Waals surface area (Å²) >= 11 is 0. The smallest absolute Gasteiger partial charge is 0.416 e. The molecule has 0 radical (unpaired) electrons. The van der Waals surface area contributed by atoms with Crippen LogP contribution in [0.1, 0.15) is 50.7 Å². The number of halogens is 3. The quantitative estimate of drug-likeness (QED) is 0.806. The van der Waals surface area contributed by atoms with E-state index in [9.17, 15) is 18.3 Å². The highest BCUT2D eigenvalue weighted by atomic mass is 19.4. The van der Waals surface area contributed by atoms with Crippen LogP contribution in [0.25, 0.3) is 0 Å². The predicted octanol–water partition coefficient (Wildman–Crippen LogP) is 3.70. The van der Waals surface area contributed by atoms with Gasteiger partial charge in [-0.2, -0.15) is 13.2 Å². The summed E-state index contributed by atoms with van der Waals surface area (Å²) in [6, 6.07) is 3.06. The summed E-state index contributed by atoms with van der Waals surface area (Å²) in [6.07, 6.45) is -4.27. The van der Waals surface area contributed by atoms with Gasteiger partial charge in [0, 0.05) is 6.04 Å². The number of nitrogens with two attached hydrogens (primary N) is 1. The Labute approximate surface area is 129 Å². The molecule has 0 aliphatic rings. The lowest BCUT2D eigenvalue weighted by Gasteiger charge is -2.23. The summed E-state index contributed by atoms with van der Waals surface area (Å²) in [6.45, 7) is 5.76. The first kappa shape index (κ1) is 18.8. The van der Waals surface area contributed by atoms with E-state index in [-0.39, 0.29) is 18.4 Å². The number of hydrogen-bond acceptors (Lipinski definition) is 3. The molecule has 0 spiro atoms. The Hall–Kier alpha value is -1.27. The molecule has 6 heteroatoms. The zero-order valence-corrected chi connectivity index (χ0v) is 13.2. The van der Waals surface area contributed by atoms with E-state index >= 15 is 0 Å². The van der Waals surface area contributed by atoms with Crippen LogP contribution in [0, 0.1) is 0 Å². The van der Waals surface area contributed by atoms with Gasteiger partial charge in [0.15, 0.2) is 0 Å². The van der Waals surface area contributed by atoms with Crippen molar-refractivity contribution in [1.29, 1.82) is 0 Å². The number of alkyl halides is 3. The van der Waals surface area contributed by atoms with Gasteiger partial charge < -0.3 is 15.6 Å². The third-order valence-electron chi connectivity index (χ3n) is 3.73. The van der Waals surface area contributed by atoms with E-state index in [1.165, 1.54) is 6.07 Å². The highest BCUT2D eigenvalue weighted by Crippen LogP contribution is 2.37. The minimum atomic E-state index is -4.41. The van der Waals surface area contributed by atoms with Crippen molar-refractivity contribution in [3.05, 3.63) is 29.3 Å². The Morgan fingerprint density at radius 3 is 2.41 bits per heavy atom. The average molecular weight is 319 g/mol. The molecular formula is C16H24F3NO2. The maximum Gasteiger partial charge on any atom is 0.416 e. The van der Waals surface area contributed by atoms with Crippen LogP contribution >= 0.6 is 0 Å². The lowest BCUT2D eigenvalue weighted by molar-refractivity contribution is -0.137. The van der Waals surface area contributed by atoms with Gasteiger partial charge in [0.05, 0.1) is 18.3 Å². The predicted molar refractivity (Wildman–Crippen MR) is 79.9 cm³/mol. The van der Waals surface area contributed by atoms with Gasteiger partial charge in [0.1, 0.15) is 5.75 Å². The summed E-state index contributed by atoms with van der Waals surface area (Å²) in [7, 11) is 0. The van der Waals surface area contributed by atoms with Crippen molar-refractivity contribution < 1.29 is 23.0 Å². The average Bonchev–Trinajstić information content (AvgIpc) is 2.45. The Balaban J connectivity index is 3.07. The summed E-state index contributed by atoms with van der Waals surface area (Å²) in [5.74, 6) is 0.122. The molecule has 22 heavy (non-hydrogen) atoms. The Bertz CT molecular complexity index is 477. The highest BCUT2D eigenvalue weighted by Gasteiger charge is 2.32. The molecule has 3 nitrogen and oxygen atoms in total. The van der Waals surface area contributed by atoms with Gasteiger partial charge in [-0.15, -0.1) is 0 Å². The van der Waals surface area contributed by atoms with Crippen LogP contribution in [-0.2, 0) is 6.18 Å². The lowest BCUT2D eigenvalue weighted by atomic mass is 9.90. The molecule has 0 aliphatic heterocycles. The van der Waals surface area contributed by atoms with E-state index in [2.05, 4.69) is 0 Å². The minimum Gasteiger partial charge on any atom is -0.494 e. The van der Waals surface area contributed by atoms with Gasteiger partial charge >= 0.3 is 6.18 Å². The first-order valence-corrected chi connectivity index (χ1v) is 7.48. The molecular weight excluding hydrogens is 295 g/mol. The summed E-state index contributed by atoms with van der Waals surface area (Å²) in [5, 5.41) is 10.0. The largest absolute Gasteiger partial charge is 0.494 e. The number of rotatable bonds is 7. The van der Waals surface area contributed by atoms with Crippen LogP contribution in [0.15, 0.2) is 18.2 Å². The standard InChI is InChI=1S/C16H24F3NO2/c1-4-13(20)14(21)8-10(3)12-9-11(16(17,18)19)6-7-15(12)22-5-2/h6-7,9-10,13-14,21H,4-5,8,20H2,1-3H3.